The van der Waals surface area contributed by atoms with Crippen molar-refractivity contribution in [3.8, 4) is 5.75 Å². The summed E-state index contributed by atoms with van der Waals surface area (Å²) in [4.78, 5) is 32.3. The number of hydrogen-bond donors (Lipinski definition) is 3. The van der Waals surface area contributed by atoms with E-state index < -0.39 is 12.3 Å². The number of aryl methyl sites for hydroxylation is 1. The Morgan fingerprint density at radius 3 is 2.80 bits per heavy atom. The molecule has 2 aromatic carbocycles. The molecule has 11 heteroatoms. The van der Waals surface area contributed by atoms with Gasteiger partial charge < -0.3 is 30.4 Å². The first-order valence-corrected chi connectivity index (χ1v) is 14.1. The Hall–Kier alpha value is -4.29. The SMILES string of the molecule is COc1cc(C2OCCN(CNC(=O)c3cncc4ccsc34)C2N)ccc1NC(=O)c1cc2ccccc2n1C. The number of hydrogen-bond acceptors (Lipinski definition) is 8. The van der Waals surface area contributed by atoms with Crippen LogP contribution in [0.25, 0.3) is 21.0 Å². The number of nitrogens with one attached hydrogen (secondary N) is 2. The third-order valence-corrected chi connectivity index (χ3v) is 8.40. The average molecular weight is 571 g/mol. The first-order chi connectivity index (χ1) is 19.9. The molecule has 210 valence electrons. The topological polar surface area (TPSA) is 124 Å². The molecule has 3 aromatic heterocycles. The van der Waals surface area contributed by atoms with Crippen LogP contribution in [0, 0.1) is 0 Å². The molecule has 5 aromatic rings. The minimum Gasteiger partial charge on any atom is -0.495 e. The molecule has 0 bridgehead atoms. The van der Waals surface area contributed by atoms with E-state index in [0.29, 0.717) is 35.8 Å². The van der Waals surface area contributed by atoms with Gasteiger partial charge >= 0.3 is 0 Å². The number of nitrogens with two attached hydrogens (primary N) is 1. The van der Waals surface area contributed by atoms with Crippen LogP contribution >= 0.6 is 11.3 Å². The van der Waals surface area contributed by atoms with Crippen LogP contribution in [-0.4, -0.2) is 59.4 Å². The smallest absolute Gasteiger partial charge is 0.272 e. The van der Waals surface area contributed by atoms with Crippen LogP contribution in [0.3, 0.4) is 0 Å². The van der Waals surface area contributed by atoms with Gasteiger partial charge in [0.05, 0.1) is 42.5 Å². The van der Waals surface area contributed by atoms with Crippen molar-refractivity contribution < 1.29 is 19.1 Å². The zero-order valence-electron chi connectivity index (χ0n) is 22.7. The molecule has 0 spiro atoms. The van der Waals surface area contributed by atoms with Crippen LogP contribution in [0.4, 0.5) is 5.69 Å². The molecule has 2 amide bonds. The Labute approximate surface area is 240 Å². The summed E-state index contributed by atoms with van der Waals surface area (Å²) in [5.74, 6) is 0.0526. The molecule has 2 unspecified atom stereocenters. The van der Waals surface area contributed by atoms with Crippen LogP contribution in [0.1, 0.15) is 32.5 Å². The van der Waals surface area contributed by atoms with Gasteiger partial charge in [-0.15, -0.1) is 11.3 Å². The minimum atomic E-state index is -0.513. The van der Waals surface area contributed by atoms with Gasteiger partial charge in [-0.1, -0.05) is 24.3 Å². The Balaban J connectivity index is 1.15. The summed E-state index contributed by atoms with van der Waals surface area (Å²) in [5.41, 5.74) is 10.0. The Kier molecular flexibility index (Phi) is 7.41. The summed E-state index contributed by atoms with van der Waals surface area (Å²) in [6.45, 7) is 1.27. The fourth-order valence-electron chi connectivity index (χ4n) is 5.22. The Morgan fingerprint density at radius 2 is 1.98 bits per heavy atom. The highest BCUT2D eigenvalue weighted by Gasteiger charge is 2.31. The number of carbonyl (C=O) groups is 2. The van der Waals surface area contributed by atoms with Crippen molar-refractivity contribution in [1.29, 1.82) is 0 Å². The molecule has 1 aliphatic rings. The number of carbonyl (C=O) groups excluding carboxylic acids is 2. The maximum absolute atomic E-state index is 13.2. The maximum Gasteiger partial charge on any atom is 0.272 e. The van der Waals surface area contributed by atoms with Gasteiger partial charge in [-0.25, -0.2) is 0 Å². The number of amides is 2. The van der Waals surface area contributed by atoms with Crippen molar-refractivity contribution in [3.05, 3.63) is 89.2 Å². The van der Waals surface area contributed by atoms with Gasteiger partial charge in [-0.05, 0) is 41.3 Å². The van der Waals surface area contributed by atoms with Crippen LogP contribution < -0.4 is 21.1 Å². The van der Waals surface area contributed by atoms with Crippen molar-refractivity contribution in [2.75, 3.05) is 32.2 Å². The van der Waals surface area contributed by atoms with E-state index in [1.807, 2.05) is 70.4 Å². The summed E-state index contributed by atoms with van der Waals surface area (Å²) >= 11 is 1.51. The maximum atomic E-state index is 13.2. The number of benzene rings is 2. The van der Waals surface area contributed by atoms with E-state index in [1.54, 1.807) is 25.6 Å². The number of aromatic nitrogens is 2. The summed E-state index contributed by atoms with van der Waals surface area (Å²) in [5, 5.41) is 9.83. The van der Waals surface area contributed by atoms with Gasteiger partial charge in [0.15, 0.2) is 0 Å². The number of nitrogens with zero attached hydrogens (tertiary/aromatic N) is 3. The number of ether oxygens (including phenoxy) is 2. The lowest BCUT2D eigenvalue weighted by Crippen LogP contribution is -2.55. The summed E-state index contributed by atoms with van der Waals surface area (Å²) in [6, 6.07) is 17.1. The minimum absolute atomic E-state index is 0.200. The molecule has 1 saturated heterocycles. The second-order valence-corrected chi connectivity index (χ2v) is 10.8. The Bertz CT molecular complexity index is 1750. The lowest BCUT2D eigenvalue weighted by molar-refractivity contribution is -0.0729. The van der Waals surface area contributed by atoms with Gasteiger partial charge in [-0.2, -0.15) is 0 Å². The number of pyridine rings is 1. The second kappa shape index (κ2) is 11.3. The van der Waals surface area contributed by atoms with E-state index in [0.717, 1.165) is 26.6 Å². The first kappa shape index (κ1) is 26.9. The van der Waals surface area contributed by atoms with Crippen molar-refractivity contribution in [1.82, 2.24) is 19.8 Å². The molecule has 41 heavy (non-hydrogen) atoms. The second-order valence-electron chi connectivity index (χ2n) is 9.85. The number of methoxy groups -OCH3 is 1. The fraction of sp³-hybridized carbons (Fsp3) is 0.233. The molecule has 1 fully saturated rings. The highest BCUT2D eigenvalue weighted by atomic mass is 32.1. The molecular formula is C30H30N6O4S. The monoisotopic (exact) mass is 570 g/mol. The van der Waals surface area contributed by atoms with Gasteiger partial charge in [0.2, 0.25) is 0 Å². The van der Waals surface area contributed by atoms with Gasteiger partial charge in [-0.3, -0.25) is 19.5 Å². The molecule has 0 saturated carbocycles. The summed E-state index contributed by atoms with van der Waals surface area (Å²) in [7, 11) is 3.42. The summed E-state index contributed by atoms with van der Waals surface area (Å²) in [6.07, 6.45) is 2.36. The Morgan fingerprint density at radius 1 is 1.12 bits per heavy atom. The molecule has 0 radical (unpaired) electrons. The van der Waals surface area contributed by atoms with Crippen LogP contribution in [0.5, 0.6) is 5.75 Å². The molecule has 6 rings (SSSR count). The molecule has 10 nitrogen and oxygen atoms in total. The zero-order valence-corrected chi connectivity index (χ0v) is 23.5. The summed E-state index contributed by atoms with van der Waals surface area (Å²) < 4.78 is 14.4. The number of para-hydroxylation sites is 1. The van der Waals surface area contributed by atoms with Crippen molar-refractivity contribution in [3.63, 3.8) is 0 Å². The average Bonchev–Trinajstić information content (AvgIpc) is 3.61. The molecule has 4 N–H and O–H groups in total. The highest BCUT2D eigenvalue weighted by molar-refractivity contribution is 7.17. The van der Waals surface area contributed by atoms with Crippen molar-refractivity contribution >= 4 is 49.8 Å². The quantitative estimate of drug-likeness (QED) is 0.269. The van der Waals surface area contributed by atoms with Crippen molar-refractivity contribution in [2.24, 2.45) is 12.8 Å². The number of anilines is 1. The molecule has 2 atom stereocenters. The van der Waals surface area contributed by atoms with Gasteiger partial charge in [0, 0.05) is 42.3 Å². The van der Waals surface area contributed by atoms with E-state index in [1.165, 1.54) is 11.3 Å². The number of morpholine rings is 1. The van der Waals surface area contributed by atoms with Gasteiger partial charge in [0.1, 0.15) is 17.5 Å². The van der Waals surface area contributed by atoms with Gasteiger partial charge in [0.25, 0.3) is 11.8 Å². The van der Waals surface area contributed by atoms with E-state index >= 15 is 0 Å². The molecule has 4 heterocycles. The highest BCUT2D eigenvalue weighted by Crippen LogP contribution is 2.33. The van der Waals surface area contributed by atoms with E-state index in [-0.39, 0.29) is 18.5 Å². The van der Waals surface area contributed by atoms with E-state index in [4.69, 9.17) is 15.2 Å². The third kappa shape index (κ3) is 5.16. The lowest BCUT2D eigenvalue weighted by atomic mass is 10.0. The predicted octanol–water partition coefficient (Wildman–Crippen LogP) is 4.09. The standard InChI is InChI=1S/C30H30N6O4S/c1-35-23-6-4-3-5-18(23)13-24(35)30(38)34-22-8-7-19(14-25(22)39-2)26-28(31)36(10-11-40-26)17-33-29(37)21-16-32-15-20-9-12-41-27(20)21/h3-9,12-16,26,28H,10-11,17,31H2,1-2H3,(H,33,37)(H,34,38). The number of fused-ring (bicyclic) bond motifs is 2. The van der Waals surface area contributed by atoms with E-state index in [2.05, 4.69) is 15.6 Å². The van der Waals surface area contributed by atoms with Crippen LogP contribution in [-0.2, 0) is 11.8 Å². The zero-order chi connectivity index (χ0) is 28.5. The molecule has 0 aliphatic carbocycles. The van der Waals surface area contributed by atoms with Crippen molar-refractivity contribution in [2.45, 2.75) is 12.3 Å². The lowest BCUT2D eigenvalue weighted by Gasteiger charge is -2.39. The first-order valence-electron chi connectivity index (χ1n) is 13.2. The van der Waals surface area contributed by atoms with Crippen LogP contribution in [0.2, 0.25) is 0 Å². The normalized spacial score (nSPS) is 17.5. The molecule has 1 aliphatic heterocycles. The van der Waals surface area contributed by atoms with E-state index in [9.17, 15) is 9.59 Å². The fourth-order valence-corrected chi connectivity index (χ4v) is 6.10. The largest absolute Gasteiger partial charge is 0.495 e. The molecular weight excluding hydrogens is 540 g/mol. The third-order valence-electron chi connectivity index (χ3n) is 7.44. The predicted molar refractivity (Wildman–Crippen MR) is 159 cm³/mol. The number of thiophene rings is 1. The van der Waals surface area contributed by atoms with Crippen LogP contribution in [0.15, 0.2) is 72.4 Å². The number of rotatable bonds is 7.